The van der Waals surface area contributed by atoms with E-state index in [0.717, 1.165) is 9.13 Å². The molecule has 0 aliphatic carbocycles. The minimum Gasteiger partial charge on any atom is -0.452 e. The molecule has 2 aromatic carbocycles. The SMILES string of the molecule is Cc1onc(-c2ccccc2)c1-c1nnc(COC(=O)c2cccc(I)c2)o1. The number of nitrogens with zero attached hydrogens (tertiary/aromatic N) is 3. The number of carbonyl (C=O) groups excluding carboxylic acids is 1. The van der Waals surface area contributed by atoms with Gasteiger partial charge in [0.05, 0.1) is 5.56 Å². The number of rotatable bonds is 5. The van der Waals surface area contributed by atoms with Crippen LogP contribution in [0, 0.1) is 10.5 Å². The van der Waals surface area contributed by atoms with Gasteiger partial charge in [-0.2, -0.15) is 0 Å². The van der Waals surface area contributed by atoms with Crippen molar-refractivity contribution in [3.8, 4) is 22.7 Å². The molecule has 0 saturated heterocycles. The molecule has 7 nitrogen and oxygen atoms in total. The Morgan fingerprint density at radius 3 is 2.71 bits per heavy atom. The van der Waals surface area contributed by atoms with E-state index < -0.39 is 5.97 Å². The van der Waals surface area contributed by atoms with Gasteiger partial charge in [-0.1, -0.05) is 41.6 Å². The predicted octanol–water partition coefficient (Wildman–Crippen LogP) is 4.66. The zero-order valence-corrected chi connectivity index (χ0v) is 16.9. The fraction of sp³-hybridized carbons (Fsp3) is 0.100. The molecule has 8 heteroatoms. The highest BCUT2D eigenvalue weighted by molar-refractivity contribution is 14.1. The second-order valence-corrected chi connectivity index (χ2v) is 7.16. The summed E-state index contributed by atoms with van der Waals surface area (Å²) < 4.78 is 17.2. The molecule has 0 fully saturated rings. The number of benzene rings is 2. The Morgan fingerprint density at radius 2 is 1.93 bits per heavy atom. The Bertz CT molecular complexity index is 1120. The van der Waals surface area contributed by atoms with Crippen molar-refractivity contribution in [3.05, 3.63) is 75.4 Å². The van der Waals surface area contributed by atoms with E-state index in [2.05, 4.69) is 37.9 Å². The van der Waals surface area contributed by atoms with E-state index in [0.29, 0.717) is 22.6 Å². The van der Waals surface area contributed by atoms with Crippen LogP contribution in [0.25, 0.3) is 22.7 Å². The van der Waals surface area contributed by atoms with Crippen molar-refractivity contribution in [2.24, 2.45) is 0 Å². The number of carbonyl (C=O) groups is 1. The topological polar surface area (TPSA) is 91.3 Å². The quantitative estimate of drug-likeness (QED) is 0.299. The van der Waals surface area contributed by atoms with E-state index in [-0.39, 0.29) is 18.4 Å². The molecule has 2 heterocycles. The molecule has 0 atom stereocenters. The predicted molar refractivity (Wildman–Crippen MR) is 108 cm³/mol. The summed E-state index contributed by atoms with van der Waals surface area (Å²) >= 11 is 2.14. The minimum atomic E-state index is -0.454. The standard InChI is InChI=1S/C20H14IN3O4/c1-12-17(18(24-28-12)13-6-3-2-4-7-13)19-23-22-16(27-19)11-26-20(25)14-8-5-9-15(21)10-14/h2-10H,11H2,1H3. The third-order valence-electron chi connectivity index (χ3n) is 3.98. The van der Waals surface area contributed by atoms with Crippen molar-refractivity contribution < 1.29 is 18.5 Å². The van der Waals surface area contributed by atoms with Gasteiger partial charge in [0.1, 0.15) is 17.0 Å². The van der Waals surface area contributed by atoms with Crippen LogP contribution in [0.2, 0.25) is 0 Å². The molecule has 28 heavy (non-hydrogen) atoms. The summed E-state index contributed by atoms with van der Waals surface area (Å²) in [6.45, 7) is 1.65. The summed E-state index contributed by atoms with van der Waals surface area (Å²) in [5.41, 5.74) is 2.57. The molecule has 0 amide bonds. The monoisotopic (exact) mass is 487 g/mol. The van der Waals surface area contributed by atoms with Crippen molar-refractivity contribution in [2.45, 2.75) is 13.5 Å². The van der Waals surface area contributed by atoms with Gasteiger partial charge in [0, 0.05) is 9.13 Å². The number of aryl methyl sites for hydroxylation is 1. The summed E-state index contributed by atoms with van der Waals surface area (Å²) in [5, 5.41) is 12.1. The van der Waals surface area contributed by atoms with Crippen LogP contribution < -0.4 is 0 Å². The summed E-state index contributed by atoms with van der Waals surface area (Å²) in [6.07, 6.45) is 0. The number of aromatic nitrogens is 3. The van der Waals surface area contributed by atoms with Crippen LogP contribution in [0.5, 0.6) is 0 Å². The summed E-state index contributed by atoms with van der Waals surface area (Å²) in [6, 6.07) is 16.7. The maximum absolute atomic E-state index is 12.2. The lowest BCUT2D eigenvalue weighted by Gasteiger charge is -2.02. The van der Waals surface area contributed by atoms with E-state index in [1.807, 2.05) is 36.4 Å². The first kappa shape index (κ1) is 18.4. The summed E-state index contributed by atoms with van der Waals surface area (Å²) in [5.74, 6) is 0.556. The van der Waals surface area contributed by atoms with Crippen molar-refractivity contribution in [3.63, 3.8) is 0 Å². The molecule has 4 rings (SSSR count). The van der Waals surface area contributed by atoms with E-state index in [4.69, 9.17) is 13.7 Å². The number of halogens is 1. The smallest absolute Gasteiger partial charge is 0.338 e. The number of ether oxygens (including phenoxy) is 1. The van der Waals surface area contributed by atoms with Gasteiger partial charge in [-0.05, 0) is 47.7 Å². The molecule has 0 unspecified atom stereocenters. The Hall–Kier alpha value is -3.01. The lowest BCUT2D eigenvalue weighted by Crippen LogP contribution is -2.05. The first-order valence-electron chi connectivity index (χ1n) is 8.39. The van der Waals surface area contributed by atoms with Crippen LogP contribution >= 0.6 is 22.6 Å². The van der Waals surface area contributed by atoms with Gasteiger partial charge in [0.15, 0.2) is 6.61 Å². The molecule has 4 aromatic rings. The average molecular weight is 487 g/mol. The van der Waals surface area contributed by atoms with Gasteiger partial charge in [0.2, 0.25) is 0 Å². The Morgan fingerprint density at radius 1 is 1.11 bits per heavy atom. The Balaban J connectivity index is 1.53. The molecule has 140 valence electrons. The van der Waals surface area contributed by atoms with Crippen molar-refractivity contribution >= 4 is 28.6 Å². The summed E-state index contributed by atoms with van der Waals surface area (Å²) in [4.78, 5) is 12.2. The molecule has 0 aliphatic rings. The average Bonchev–Trinajstić information content (AvgIpc) is 3.33. The number of hydrogen-bond donors (Lipinski definition) is 0. The van der Waals surface area contributed by atoms with Crippen molar-refractivity contribution in [2.75, 3.05) is 0 Å². The third-order valence-corrected chi connectivity index (χ3v) is 4.65. The number of hydrogen-bond acceptors (Lipinski definition) is 7. The summed E-state index contributed by atoms with van der Waals surface area (Å²) in [7, 11) is 0. The zero-order chi connectivity index (χ0) is 19.5. The first-order chi connectivity index (χ1) is 13.6. The van der Waals surface area contributed by atoms with E-state index in [9.17, 15) is 4.79 Å². The maximum Gasteiger partial charge on any atom is 0.338 e. The van der Waals surface area contributed by atoms with E-state index >= 15 is 0 Å². The van der Waals surface area contributed by atoms with Crippen LogP contribution in [-0.2, 0) is 11.3 Å². The van der Waals surface area contributed by atoms with Gasteiger partial charge >= 0.3 is 5.97 Å². The van der Waals surface area contributed by atoms with Crippen LogP contribution in [0.15, 0.2) is 63.5 Å². The zero-order valence-electron chi connectivity index (χ0n) is 14.8. The molecule has 0 N–H and O–H groups in total. The normalized spacial score (nSPS) is 10.8. The second-order valence-electron chi connectivity index (χ2n) is 5.92. The van der Waals surface area contributed by atoms with Crippen LogP contribution in [0.4, 0.5) is 0 Å². The molecule has 0 saturated carbocycles. The fourth-order valence-corrected chi connectivity index (χ4v) is 3.20. The van der Waals surface area contributed by atoms with Crippen molar-refractivity contribution in [1.82, 2.24) is 15.4 Å². The Kier molecular flexibility index (Phi) is 5.20. The lowest BCUT2D eigenvalue weighted by atomic mass is 10.1. The van der Waals surface area contributed by atoms with E-state index in [1.165, 1.54) is 0 Å². The van der Waals surface area contributed by atoms with Gasteiger partial charge in [0.25, 0.3) is 11.8 Å². The molecule has 0 bridgehead atoms. The molecule has 0 aliphatic heterocycles. The highest BCUT2D eigenvalue weighted by Crippen LogP contribution is 2.33. The Labute approximate surface area is 173 Å². The molecule has 0 spiro atoms. The molecule has 0 radical (unpaired) electrons. The minimum absolute atomic E-state index is 0.123. The number of esters is 1. The maximum atomic E-state index is 12.2. The molecule has 2 aromatic heterocycles. The third kappa shape index (κ3) is 3.81. The largest absolute Gasteiger partial charge is 0.452 e. The van der Waals surface area contributed by atoms with Crippen molar-refractivity contribution in [1.29, 1.82) is 0 Å². The first-order valence-corrected chi connectivity index (χ1v) is 9.47. The highest BCUT2D eigenvalue weighted by atomic mass is 127. The highest BCUT2D eigenvalue weighted by Gasteiger charge is 2.22. The van der Waals surface area contributed by atoms with Crippen LogP contribution in [0.3, 0.4) is 0 Å². The van der Waals surface area contributed by atoms with E-state index in [1.54, 1.807) is 25.1 Å². The van der Waals surface area contributed by atoms with Crippen LogP contribution in [-0.4, -0.2) is 21.3 Å². The molecular formula is C20H14IN3O4. The van der Waals surface area contributed by atoms with Gasteiger partial charge in [-0.3, -0.25) is 0 Å². The molecular weight excluding hydrogens is 473 g/mol. The lowest BCUT2D eigenvalue weighted by molar-refractivity contribution is 0.0438. The second kappa shape index (κ2) is 7.93. The van der Waals surface area contributed by atoms with Gasteiger partial charge in [-0.25, -0.2) is 4.79 Å². The fourth-order valence-electron chi connectivity index (χ4n) is 2.66. The van der Waals surface area contributed by atoms with Gasteiger partial charge < -0.3 is 13.7 Å². The van der Waals surface area contributed by atoms with Gasteiger partial charge in [-0.15, -0.1) is 10.2 Å². The van der Waals surface area contributed by atoms with Crippen LogP contribution in [0.1, 0.15) is 22.0 Å².